The molecule has 21 heavy (non-hydrogen) atoms. The van der Waals surface area contributed by atoms with Crippen LogP contribution in [0.5, 0.6) is 0 Å². The van der Waals surface area contributed by atoms with Crippen molar-refractivity contribution in [3.05, 3.63) is 29.3 Å². The van der Waals surface area contributed by atoms with Crippen LogP contribution in [-0.2, 0) is 14.8 Å². The fourth-order valence-electron chi connectivity index (χ4n) is 3.03. The number of hydrogen-bond donors (Lipinski definition) is 1. The van der Waals surface area contributed by atoms with E-state index in [2.05, 4.69) is 9.62 Å². The Kier molecular flexibility index (Phi) is 4.25. The van der Waals surface area contributed by atoms with E-state index in [1.165, 1.54) is 12.1 Å². The van der Waals surface area contributed by atoms with Crippen LogP contribution in [0.4, 0.5) is 0 Å². The van der Waals surface area contributed by atoms with Gasteiger partial charge in [0.1, 0.15) is 0 Å². The molecule has 2 fully saturated rings. The average molecular weight is 331 g/mol. The van der Waals surface area contributed by atoms with Gasteiger partial charge in [0.15, 0.2) is 0 Å². The van der Waals surface area contributed by atoms with Crippen LogP contribution in [0.15, 0.2) is 29.2 Å². The van der Waals surface area contributed by atoms with E-state index in [0.717, 1.165) is 19.5 Å². The predicted molar refractivity (Wildman–Crippen MR) is 81.0 cm³/mol. The number of sulfonamides is 1. The number of morpholine rings is 1. The molecule has 2 heterocycles. The third-order valence-electron chi connectivity index (χ3n) is 4.04. The molecule has 116 valence electrons. The van der Waals surface area contributed by atoms with Crippen molar-refractivity contribution in [2.45, 2.75) is 36.4 Å². The number of hydrogen-bond acceptors (Lipinski definition) is 4. The molecule has 2 aliphatic heterocycles. The molecule has 0 radical (unpaired) electrons. The second-order valence-corrected chi connectivity index (χ2v) is 7.91. The van der Waals surface area contributed by atoms with Crippen LogP contribution in [0.3, 0.4) is 0 Å². The van der Waals surface area contributed by atoms with Gasteiger partial charge >= 0.3 is 0 Å². The van der Waals surface area contributed by atoms with Crippen molar-refractivity contribution >= 4 is 21.6 Å². The Hall–Kier alpha value is -0.660. The molecule has 3 rings (SSSR count). The van der Waals surface area contributed by atoms with Gasteiger partial charge in [0.25, 0.3) is 0 Å². The minimum atomic E-state index is -3.49. The van der Waals surface area contributed by atoms with Gasteiger partial charge in [0, 0.05) is 30.2 Å². The topological polar surface area (TPSA) is 58.6 Å². The first kappa shape index (κ1) is 15.2. The summed E-state index contributed by atoms with van der Waals surface area (Å²) in [6, 6.07) is 6.48. The van der Waals surface area contributed by atoms with Crippen molar-refractivity contribution in [1.29, 1.82) is 0 Å². The molecular weight excluding hydrogens is 312 g/mol. The maximum atomic E-state index is 12.4. The zero-order valence-electron chi connectivity index (χ0n) is 11.8. The summed E-state index contributed by atoms with van der Waals surface area (Å²) in [7, 11) is -3.49. The molecule has 0 aromatic heterocycles. The van der Waals surface area contributed by atoms with Gasteiger partial charge in [0.05, 0.1) is 17.6 Å². The zero-order valence-corrected chi connectivity index (χ0v) is 13.4. The lowest BCUT2D eigenvalue weighted by Gasteiger charge is -2.33. The van der Waals surface area contributed by atoms with Crippen molar-refractivity contribution in [2.24, 2.45) is 0 Å². The van der Waals surface area contributed by atoms with E-state index >= 15 is 0 Å². The molecule has 0 saturated carbocycles. The van der Waals surface area contributed by atoms with Crippen LogP contribution >= 0.6 is 11.6 Å². The Balaban J connectivity index is 1.68. The molecule has 1 aromatic carbocycles. The summed E-state index contributed by atoms with van der Waals surface area (Å²) in [5.41, 5.74) is 0. The summed E-state index contributed by atoms with van der Waals surface area (Å²) < 4.78 is 33.2. The first-order valence-corrected chi connectivity index (χ1v) is 8.94. The van der Waals surface area contributed by atoms with E-state index in [1.54, 1.807) is 12.1 Å². The van der Waals surface area contributed by atoms with Crippen LogP contribution in [0, 0.1) is 0 Å². The number of nitrogens with zero attached hydrogens (tertiary/aromatic N) is 1. The van der Waals surface area contributed by atoms with Gasteiger partial charge < -0.3 is 4.74 Å². The number of rotatable bonds is 3. The van der Waals surface area contributed by atoms with Gasteiger partial charge in [-0.2, -0.15) is 0 Å². The third-order valence-corrected chi connectivity index (χ3v) is 5.83. The number of benzene rings is 1. The van der Waals surface area contributed by atoms with Gasteiger partial charge in [-0.15, -0.1) is 0 Å². The lowest BCUT2D eigenvalue weighted by molar-refractivity contribution is -0.0390. The number of fused-ring (bicyclic) bond motifs is 1. The molecule has 0 aliphatic carbocycles. The van der Waals surface area contributed by atoms with Crippen LogP contribution in [0.2, 0.25) is 5.02 Å². The lowest BCUT2D eigenvalue weighted by atomic mass is 10.2. The van der Waals surface area contributed by atoms with E-state index in [-0.39, 0.29) is 17.0 Å². The second kappa shape index (κ2) is 5.85. The molecule has 3 atom stereocenters. The predicted octanol–water partition coefficient (Wildman–Crippen LogP) is 1.48. The molecule has 0 spiro atoms. The highest BCUT2D eigenvalue weighted by atomic mass is 35.5. The SMILES string of the molecule is C[C@@H]1CN2C[C@H](NS(=O)(=O)c3ccc(Cl)cc3)C[C@H]2CO1. The first-order chi connectivity index (χ1) is 9.94. The van der Waals surface area contributed by atoms with E-state index < -0.39 is 10.0 Å². The third kappa shape index (κ3) is 3.40. The molecule has 1 aromatic rings. The quantitative estimate of drug-likeness (QED) is 0.912. The Morgan fingerprint density at radius 2 is 2.00 bits per heavy atom. The van der Waals surface area contributed by atoms with Crippen LogP contribution in [0.1, 0.15) is 13.3 Å². The fraction of sp³-hybridized carbons (Fsp3) is 0.571. The Bertz CT molecular complexity index is 605. The maximum Gasteiger partial charge on any atom is 0.240 e. The lowest BCUT2D eigenvalue weighted by Crippen LogP contribution is -2.45. The molecule has 0 bridgehead atoms. The molecule has 0 unspecified atom stereocenters. The Morgan fingerprint density at radius 1 is 1.29 bits per heavy atom. The fourth-order valence-corrected chi connectivity index (χ4v) is 4.39. The highest BCUT2D eigenvalue weighted by Gasteiger charge is 2.37. The monoisotopic (exact) mass is 330 g/mol. The van der Waals surface area contributed by atoms with Gasteiger partial charge in [0.2, 0.25) is 10.0 Å². The normalized spacial score (nSPS) is 30.3. The molecule has 2 saturated heterocycles. The molecule has 5 nitrogen and oxygen atoms in total. The van der Waals surface area contributed by atoms with Crippen LogP contribution in [-0.4, -0.2) is 51.2 Å². The standard InChI is InChI=1S/C14H19ClN2O3S/c1-10-7-17-8-12(6-13(17)9-20-10)16-21(18,19)14-4-2-11(15)3-5-14/h2-5,10,12-13,16H,6-9H2,1H3/t10-,12-,13+/m1/s1. The zero-order chi connectivity index (χ0) is 15.0. The van der Waals surface area contributed by atoms with Crippen LogP contribution in [0.25, 0.3) is 0 Å². The summed E-state index contributed by atoms with van der Waals surface area (Å²) in [6.45, 7) is 4.33. The summed E-state index contributed by atoms with van der Waals surface area (Å²) in [4.78, 5) is 2.56. The largest absolute Gasteiger partial charge is 0.376 e. The van der Waals surface area contributed by atoms with Crippen LogP contribution < -0.4 is 4.72 Å². The van der Waals surface area contributed by atoms with E-state index in [1.807, 2.05) is 6.92 Å². The van der Waals surface area contributed by atoms with Crippen molar-refractivity contribution in [2.75, 3.05) is 19.7 Å². The molecular formula is C14H19ClN2O3S. The molecule has 1 N–H and O–H groups in total. The Morgan fingerprint density at radius 3 is 2.71 bits per heavy atom. The summed E-state index contributed by atoms with van der Waals surface area (Å²) >= 11 is 5.79. The summed E-state index contributed by atoms with van der Waals surface area (Å²) in [6.07, 6.45) is 1.01. The van der Waals surface area contributed by atoms with Gasteiger partial charge in [-0.25, -0.2) is 13.1 Å². The van der Waals surface area contributed by atoms with Crippen molar-refractivity contribution in [3.8, 4) is 0 Å². The van der Waals surface area contributed by atoms with Crippen molar-refractivity contribution < 1.29 is 13.2 Å². The highest BCUT2D eigenvalue weighted by molar-refractivity contribution is 7.89. The van der Waals surface area contributed by atoms with Gasteiger partial charge in [-0.1, -0.05) is 11.6 Å². The number of halogens is 1. The minimum absolute atomic E-state index is 0.0652. The first-order valence-electron chi connectivity index (χ1n) is 7.07. The Labute approximate surface area is 130 Å². The maximum absolute atomic E-state index is 12.4. The van der Waals surface area contributed by atoms with E-state index in [0.29, 0.717) is 17.7 Å². The van der Waals surface area contributed by atoms with Gasteiger partial charge in [-0.3, -0.25) is 4.90 Å². The average Bonchev–Trinajstić information content (AvgIpc) is 2.79. The smallest absolute Gasteiger partial charge is 0.240 e. The second-order valence-electron chi connectivity index (χ2n) is 5.76. The molecule has 7 heteroatoms. The minimum Gasteiger partial charge on any atom is -0.376 e. The van der Waals surface area contributed by atoms with Crippen molar-refractivity contribution in [1.82, 2.24) is 9.62 Å². The van der Waals surface area contributed by atoms with E-state index in [9.17, 15) is 8.42 Å². The van der Waals surface area contributed by atoms with Crippen molar-refractivity contribution in [3.63, 3.8) is 0 Å². The van der Waals surface area contributed by atoms with E-state index in [4.69, 9.17) is 16.3 Å². The van der Waals surface area contributed by atoms with Gasteiger partial charge in [-0.05, 0) is 37.6 Å². The molecule has 0 amide bonds. The highest BCUT2D eigenvalue weighted by Crippen LogP contribution is 2.24. The summed E-state index contributed by atoms with van der Waals surface area (Å²) in [5, 5.41) is 0.526. The summed E-state index contributed by atoms with van der Waals surface area (Å²) in [5.74, 6) is 0. The number of nitrogens with one attached hydrogen (secondary N) is 1. The molecule has 2 aliphatic rings. The number of ether oxygens (including phenoxy) is 1.